The van der Waals surface area contributed by atoms with Gasteiger partial charge in [-0.25, -0.2) is 9.59 Å². The molecule has 2 amide bonds. The van der Waals surface area contributed by atoms with Gasteiger partial charge in [-0.3, -0.25) is 9.13 Å². The molecule has 1 unspecified atom stereocenters. The lowest BCUT2D eigenvalue weighted by molar-refractivity contribution is 0.101. The van der Waals surface area contributed by atoms with Crippen molar-refractivity contribution in [1.29, 1.82) is 0 Å². The molecular formula is C19H28N4O4. The minimum absolute atomic E-state index is 0.123. The number of aryl methyl sites for hydroxylation is 2. The number of aromatic nitrogens is 2. The van der Waals surface area contributed by atoms with E-state index >= 15 is 0 Å². The molecule has 0 bridgehead atoms. The van der Waals surface area contributed by atoms with Gasteiger partial charge in [0.15, 0.2) is 0 Å². The highest BCUT2D eigenvalue weighted by molar-refractivity contribution is 5.94. The van der Waals surface area contributed by atoms with E-state index in [1.807, 2.05) is 0 Å². The predicted octanol–water partition coefficient (Wildman–Crippen LogP) is 2.31. The number of imidazole rings is 1. The number of nitrogens with one attached hydrogen (secondary N) is 1. The number of hydrogen-bond donors (Lipinski definition) is 1. The molecule has 0 radical (unpaired) electrons. The second-order valence-electron chi connectivity index (χ2n) is 7.07. The van der Waals surface area contributed by atoms with Crippen molar-refractivity contribution in [2.75, 3.05) is 32.6 Å². The fraction of sp³-hybridized carbons (Fsp3) is 0.579. The van der Waals surface area contributed by atoms with Gasteiger partial charge in [-0.05, 0) is 31.7 Å². The van der Waals surface area contributed by atoms with Crippen LogP contribution in [0.25, 0.3) is 11.0 Å². The van der Waals surface area contributed by atoms with Crippen LogP contribution in [-0.4, -0.2) is 53.5 Å². The molecule has 8 nitrogen and oxygen atoms in total. The van der Waals surface area contributed by atoms with Crippen LogP contribution >= 0.6 is 0 Å². The first kappa shape index (κ1) is 19.3. The van der Waals surface area contributed by atoms with E-state index < -0.39 is 0 Å². The Balaban J connectivity index is 1.69. The lowest BCUT2D eigenvalue weighted by atomic mass is 10.1. The van der Waals surface area contributed by atoms with E-state index in [-0.39, 0.29) is 11.7 Å². The molecule has 1 N–H and O–H groups in total. The molecule has 2 heterocycles. The maximum Gasteiger partial charge on any atom is 0.328 e. The van der Waals surface area contributed by atoms with Crippen molar-refractivity contribution in [2.24, 2.45) is 14.1 Å². The van der Waals surface area contributed by atoms with Crippen LogP contribution in [0.15, 0.2) is 16.9 Å². The summed E-state index contributed by atoms with van der Waals surface area (Å²) in [6, 6.07) is 3.33. The lowest BCUT2D eigenvalue weighted by Gasteiger charge is -2.20. The molecule has 148 valence electrons. The first-order valence-electron chi connectivity index (χ1n) is 9.29. The van der Waals surface area contributed by atoms with E-state index in [4.69, 9.17) is 9.47 Å². The average Bonchev–Trinajstić information content (AvgIpc) is 3.25. The summed E-state index contributed by atoms with van der Waals surface area (Å²) < 4.78 is 14.1. The summed E-state index contributed by atoms with van der Waals surface area (Å²) in [7, 11) is 6.74. The maximum atomic E-state index is 12.6. The zero-order chi connectivity index (χ0) is 19.6. The predicted molar refractivity (Wildman–Crippen MR) is 105 cm³/mol. The number of carbonyl (C=O) groups excluding carboxylic acids is 1. The monoisotopic (exact) mass is 376 g/mol. The second kappa shape index (κ2) is 8.04. The molecule has 1 aromatic carbocycles. The van der Waals surface area contributed by atoms with E-state index in [2.05, 4.69) is 5.32 Å². The normalized spacial score (nSPS) is 16.7. The average molecular weight is 376 g/mol. The third-order valence-electron chi connectivity index (χ3n) is 5.23. The van der Waals surface area contributed by atoms with Gasteiger partial charge in [0.2, 0.25) is 0 Å². The molecule has 27 heavy (non-hydrogen) atoms. The number of methoxy groups -OCH3 is 1. The molecule has 1 aliphatic rings. The quantitative estimate of drug-likeness (QED) is 0.839. The number of fused-ring (bicyclic) bond motifs is 1. The Labute approximate surface area is 158 Å². The molecule has 1 saturated heterocycles. The number of rotatable bonds is 6. The molecule has 2 aromatic rings. The van der Waals surface area contributed by atoms with Crippen molar-refractivity contribution in [1.82, 2.24) is 14.0 Å². The highest BCUT2D eigenvalue weighted by Crippen LogP contribution is 2.30. The first-order valence-corrected chi connectivity index (χ1v) is 9.29. The van der Waals surface area contributed by atoms with E-state index in [9.17, 15) is 9.59 Å². The summed E-state index contributed by atoms with van der Waals surface area (Å²) in [6.45, 7) is 1.51. The highest BCUT2D eigenvalue weighted by atomic mass is 16.5. The molecule has 1 aromatic heterocycles. The topological polar surface area (TPSA) is 77.7 Å². The number of nitrogens with zero attached hydrogens (tertiary/aromatic N) is 3. The number of anilines is 1. The van der Waals surface area contributed by atoms with E-state index in [0.717, 1.165) is 43.3 Å². The van der Waals surface area contributed by atoms with Crippen LogP contribution in [0.4, 0.5) is 10.5 Å². The Kier molecular flexibility index (Phi) is 5.74. The lowest BCUT2D eigenvalue weighted by Crippen LogP contribution is -2.32. The molecule has 1 atom stereocenters. The summed E-state index contributed by atoms with van der Waals surface area (Å²) in [5, 5.41) is 2.89. The molecule has 8 heteroatoms. The van der Waals surface area contributed by atoms with Crippen LogP contribution in [-0.2, 0) is 18.8 Å². The number of carbonyl (C=O) groups is 1. The van der Waals surface area contributed by atoms with Crippen molar-refractivity contribution in [3.8, 4) is 5.75 Å². The SMILES string of the molecule is COc1cc2c(cc1NC(=O)N(C)CCCC1CCCO1)n(C)c(=O)n2C. The van der Waals surface area contributed by atoms with Gasteiger partial charge in [0.25, 0.3) is 0 Å². The third kappa shape index (κ3) is 3.95. The van der Waals surface area contributed by atoms with Crippen molar-refractivity contribution in [3.63, 3.8) is 0 Å². The van der Waals surface area contributed by atoms with E-state index in [0.29, 0.717) is 24.1 Å². The molecule has 3 rings (SSSR count). The number of benzene rings is 1. The number of amides is 2. The van der Waals surface area contributed by atoms with Gasteiger partial charge in [-0.1, -0.05) is 0 Å². The Bertz CT molecular complexity index is 880. The highest BCUT2D eigenvalue weighted by Gasteiger charge is 2.18. The Morgan fingerprint density at radius 3 is 2.67 bits per heavy atom. The summed E-state index contributed by atoms with van der Waals surface area (Å²) in [6.07, 6.45) is 4.45. The van der Waals surface area contributed by atoms with Crippen LogP contribution < -0.4 is 15.7 Å². The smallest absolute Gasteiger partial charge is 0.328 e. The number of ether oxygens (including phenoxy) is 2. The summed E-state index contributed by atoms with van der Waals surface area (Å²) in [5.74, 6) is 0.518. The van der Waals surface area contributed by atoms with E-state index in [1.165, 1.54) is 0 Å². The van der Waals surface area contributed by atoms with Gasteiger partial charge in [0.1, 0.15) is 5.75 Å². The van der Waals surface area contributed by atoms with Crippen LogP contribution in [0.1, 0.15) is 25.7 Å². The zero-order valence-electron chi connectivity index (χ0n) is 16.4. The van der Waals surface area contributed by atoms with Gasteiger partial charge >= 0.3 is 11.7 Å². The Hall–Kier alpha value is -2.48. The second-order valence-corrected chi connectivity index (χ2v) is 7.07. The van der Waals surface area contributed by atoms with E-state index in [1.54, 1.807) is 54.4 Å². The number of hydrogen-bond acceptors (Lipinski definition) is 4. The minimum Gasteiger partial charge on any atom is -0.494 e. The zero-order valence-corrected chi connectivity index (χ0v) is 16.4. The van der Waals surface area contributed by atoms with Crippen LogP contribution in [0.3, 0.4) is 0 Å². The summed E-state index contributed by atoms with van der Waals surface area (Å²) >= 11 is 0. The molecule has 1 fully saturated rings. The minimum atomic E-state index is -0.207. The van der Waals surface area contributed by atoms with Crippen LogP contribution in [0.5, 0.6) is 5.75 Å². The van der Waals surface area contributed by atoms with Gasteiger partial charge in [0.05, 0.1) is 29.9 Å². The molecule has 1 aliphatic heterocycles. The molecule has 0 aliphatic carbocycles. The first-order chi connectivity index (χ1) is 12.9. The third-order valence-corrected chi connectivity index (χ3v) is 5.23. The fourth-order valence-electron chi connectivity index (χ4n) is 3.53. The fourth-order valence-corrected chi connectivity index (χ4v) is 3.53. The van der Waals surface area contributed by atoms with Crippen LogP contribution in [0.2, 0.25) is 0 Å². The molecule has 0 saturated carbocycles. The molecular weight excluding hydrogens is 348 g/mol. The Morgan fingerprint density at radius 2 is 2.04 bits per heavy atom. The van der Waals surface area contributed by atoms with Crippen molar-refractivity contribution >= 4 is 22.8 Å². The standard InChI is InChI=1S/C19H28N4O4/c1-21(9-5-7-13-8-6-10-27-13)18(24)20-14-11-15-16(12-17(14)26-4)23(3)19(25)22(15)2/h11-13H,5-10H2,1-4H3,(H,20,24). The van der Waals surface area contributed by atoms with Gasteiger partial charge in [0, 0.05) is 40.4 Å². The van der Waals surface area contributed by atoms with Gasteiger partial charge < -0.3 is 19.7 Å². The maximum absolute atomic E-state index is 12.6. The van der Waals surface area contributed by atoms with Gasteiger partial charge in [-0.2, -0.15) is 0 Å². The Morgan fingerprint density at radius 1 is 1.33 bits per heavy atom. The molecule has 0 spiro atoms. The van der Waals surface area contributed by atoms with Gasteiger partial charge in [-0.15, -0.1) is 0 Å². The van der Waals surface area contributed by atoms with Crippen molar-refractivity contribution in [2.45, 2.75) is 31.8 Å². The number of urea groups is 1. The summed E-state index contributed by atoms with van der Waals surface area (Å²) in [5.41, 5.74) is 1.91. The largest absolute Gasteiger partial charge is 0.494 e. The van der Waals surface area contributed by atoms with Crippen molar-refractivity contribution in [3.05, 3.63) is 22.6 Å². The van der Waals surface area contributed by atoms with Crippen molar-refractivity contribution < 1.29 is 14.3 Å². The van der Waals surface area contributed by atoms with Crippen LogP contribution in [0, 0.1) is 0 Å². The summed E-state index contributed by atoms with van der Waals surface area (Å²) in [4.78, 5) is 26.3.